The van der Waals surface area contributed by atoms with E-state index in [0.29, 0.717) is 24.4 Å². The van der Waals surface area contributed by atoms with Gasteiger partial charge in [-0.2, -0.15) is 0 Å². The van der Waals surface area contributed by atoms with Crippen LogP contribution in [0.25, 0.3) is 4.85 Å². The Balaban J connectivity index is 1.73. The summed E-state index contributed by atoms with van der Waals surface area (Å²) in [5.74, 6) is -0.590. The number of hydrogen-bond acceptors (Lipinski definition) is 3. The first-order valence-corrected chi connectivity index (χ1v) is 9.77. The van der Waals surface area contributed by atoms with E-state index in [4.69, 9.17) is 11.3 Å². The molecule has 3 rings (SSSR count). The molecule has 1 aliphatic heterocycles. The molecule has 2 atom stereocenters. The Morgan fingerprint density at radius 1 is 1.31 bits per heavy atom. The second-order valence-electron chi connectivity index (χ2n) is 7.94. The minimum absolute atomic E-state index is 0.0684. The summed E-state index contributed by atoms with van der Waals surface area (Å²) >= 11 is 0. The van der Waals surface area contributed by atoms with Gasteiger partial charge in [0.1, 0.15) is 5.82 Å². The van der Waals surface area contributed by atoms with Gasteiger partial charge in [0.2, 0.25) is 0 Å². The van der Waals surface area contributed by atoms with Gasteiger partial charge < -0.3 is 15.4 Å². The Kier molecular flexibility index (Phi) is 6.19. The molecule has 1 heterocycles. The van der Waals surface area contributed by atoms with Crippen molar-refractivity contribution in [1.82, 2.24) is 5.32 Å². The maximum Gasteiger partial charge on any atom is 0.251 e. The molecule has 1 aliphatic rings. The third-order valence-electron chi connectivity index (χ3n) is 5.41. The zero-order chi connectivity index (χ0) is 21.0. The van der Waals surface area contributed by atoms with Crippen LogP contribution in [0.5, 0.6) is 0 Å². The first-order chi connectivity index (χ1) is 13.8. The van der Waals surface area contributed by atoms with E-state index >= 15 is 0 Å². The molecule has 2 aromatic carbocycles. The number of fused-ring (bicyclic) bond motifs is 1. The lowest BCUT2D eigenvalue weighted by atomic mass is 9.78. The van der Waals surface area contributed by atoms with Gasteiger partial charge in [0.25, 0.3) is 5.91 Å². The van der Waals surface area contributed by atoms with Crippen LogP contribution in [0.15, 0.2) is 42.5 Å². The molecule has 6 heteroatoms. The molecule has 1 amide bonds. The van der Waals surface area contributed by atoms with E-state index in [0.717, 1.165) is 17.7 Å². The van der Waals surface area contributed by atoms with E-state index in [2.05, 4.69) is 29.3 Å². The summed E-state index contributed by atoms with van der Waals surface area (Å²) in [6.07, 6.45) is 0.636. The van der Waals surface area contributed by atoms with Gasteiger partial charge in [0.05, 0.1) is 12.7 Å². The van der Waals surface area contributed by atoms with Crippen molar-refractivity contribution in [3.63, 3.8) is 0 Å². The van der Waals surface area contributed by atoms with Crippen LogP contribution in [0.2, 0.25) is 0 Å². The minimum Gasteiger partial charge on any atom is -0.381 e. The molecule has 0 saturated heterocycles. The Bertz CT molecular complexity index is 919. The number of ether oxygens (including phenoxy) is 1. The SMILES string of the molecule is [C-]#[N+]c1ccc2c(c1)C(OCC)CC(C(C)(C)CNC(=O)c1ccc(F)cc1)N2. The minimum atomic E-state index is -0.365. The van der Waals surface area contributed by atoms with E-state index in [1.807, 2.05) is 19.1 Å². The summed E-state index contributed by atoms with van der Waals surface area (Å²) in [5.41, 5.74) is 2.73. The van der Waals surface area contributed by atoms with Gasteiger partial charge in [-0.25, -0.2) is 9.24 Å². The molecule has 5 nitrogen and oxygen atoms in total. The number of halogens is 1. The quantitative estimate of drug-likeness (QED) is 0.670. The Labute approximate surface area is 171 Å². The standard InChI is InChI=1S/C23H26FN3O2/c1-5-29-20-13-21(27-19-11-10-17(25-4)12-18(19)20)23(2,3)14-26-22(28)15-6-8-16(24)9-7-15/h6-12,20-21,27H,5,13-14H2,1-3H3,(H,26,28). The third-order valence-corrected chi connectivity index (χ3v) is 5.41. The van der Waals surface area contributed by atoms with E-state index < -0.39 is 0 Å². The maximum atomic E-state index is 13.1. The highest BCUT2D eigenvalue weighted by Gasteiger charge is 2.37. The van der Waals surface area contributed by atoms with Gasteiger partial charge in [-0.15, -0.1) is 0 Å². The van der Waals surface area contributed by atoms with Crippen molar-refractivity contribution in [1.29, 1.82) is 0 Å². The topological polar surface area (TPSA) is 54.7 Å². The zero-order valence-corrected chi connectivity index (χ0v) is 17.0. The number of hydrogen-bond donors (Lipinski definition) is 2. The van der Waals surface area contributed by atoms with Crippen molar-refractivity contribution >= 4 is 17.3 Å². The summed E-state index contributed by atoms with van der Waals surface area (Å²) in [6.45, 7) is 14.4. The molecule has 2 aromatic rings. The first-order valence-electron chi connectivity index (χ1n) is 9.77. The normalized spacial score (nSPS) is 18.3. The molecule has 29 heavy (non-hydrogen) atoms. The van der Waals surface area contributed by atoms with Crippen molar-refractivity contribution in [2.75, 3.05) is 18.5 Å². The van der Waals surface area contributed by atoms with E-state index in [9.17, 15) is 9.18 Å². The fourth-order valence-corrected chi connectivity index (χ4v) is 3.61. The average molecular weight is 395 g/mol. The van der Waals surface area contributed by atoms with Crippen LogP contribution in [0, 0.1) is 17.8 Å². The predicted octanol–water partition coefficient (Wildman–Crippen LogP) is 5.09. The van der Waals surface area contributed by atoms with Gasteiger partial charge in [-0.1, -0.05) is 19.9 Å². The van der Waals surface area contributed by atoms with Crippen LogP contribution < -0.4 is 10.6 Å². The number of benzene rings is 2. The molecule has 0 radical (unpaired) electrons. The van der Waals surface area contributed by atoms with Crippen molar-refractivity contribution in [2.45, 2.75) is 39.3 Å². The molecular weight excluding hydrogens is 369 g/mol. The lowest BCUT2D eigenvalue weighted by Crippen LogP contribution is -2.47. The maximum absolute atomic E-state index is 13.1. The van der Waals surface area contributed by atoms with Crippen LogP contribution in [0.3, 0.4) is 0 Å². The molecule has 0 aromatic heterocycles. The Morgan fingerprint density at radius 2 is 2.03 bits per heavy atom. The molecular formula is C23H26FN3O2. The summed E-state index contributed by atoms with van der Waals surface area (Å²) in [6, 6.07) is 11.2. The second kappa shape index (κ2) is 8.62. The molecule has 0 saturated carbocycles. The molecule has 152 valence electrons. The highest BCUT2D eigenvalue weighted by molar-refractivity contribution is 5.94. The number of rotatable bonds is 6. The summed E-state index contributed by atoms with van der Waals surface area (Å²) in [7, 11) is 0. The lowest BCUT2D eigenvalue weighted by Gasteiger charge is -2.42. The van der Waals surface area contributed by atoms with Gasteiger partial charge in [-0.3, -0.25) is 4.79 Å². The summed E-state index contributed by atoms with van der Waals surface area (Å²) in [4.78, 5) is 15.9. The second-order valence-corrected chi connectivity index (χ2v) is 7.94. The van der Waals surface area contributed by atoms with Crippen molar-refractivity contribution in [3.05, 3.63) is 70.8 Å². The van der Waals surface area contributed by atoms with Crippen LogP contribution in [0.1, 0.15) is 49.2 Å². The van der Waals surface area contributed by atoms with Gasteiger partial charge in [0.15, 0.2) is 5.69 Å². The number of amides is 1. The van der Waals surface area contributed by atoms with E-state index in [1.54, 1.807) is 6.07 Å². The van der Waals surface area contributed by atoms with Crippen molar-refractivity contribution < 1.29 is 13.9 Å². The summed E-state index contributed by atoms with van der Waals surface area (Å²) < 4.78 is 19.0. The number of anilines is 1. The molecule has 0 bridgehead atoms. The number of carbonyl (C=O) groups is 1. The highest BCUT2D eigenvalue weighted by Crippen LogP contribution is 2.41. The van der Waals surface area contributed by atoms with Crippen molar-refractivity contribution in [2.24, 2.45) is 5.41 Å². The number of nitrogens with one attached hydrogen (secondary N) is 2. The molecule has 0 fully saturated rings. The van der Waals surface area contributed by atoms with Crippen LogP contribution in [-0.2, 0) is 4.74 Å². The van der Waals surface area contributed by atoms with E-state index in [-0.39, 0.29) is 29.3 Å². The Morgan fingerprint density at radius 3 is 2.69 bits per heavy atom. The fraction of sp³-hybridized carbons (Fsp3) is 0.391. The van der Waals surface area contributed by atoms with Gasteiger partial charge in [0, 0.05) is 35.9 Å². The average Bonchev–Trinajstić information content (AvgIpc) is 2.72. The lowest BCUT2D eigenvalue weighted by molar-refractivity contribution is 0.0388. The smallest absolute Gasteiger partial charge is 0.251 e. The molecule has 2 N–H and O–H groups in total. The largest absolute Gasteiger partial charge is 0.381 e. The molecule has 0 spiro atoms. The monoisotopic (exact) mass is 395 g/mol. The molecule has 0 aliphatic carbocycles. The predicted molar refractivity (Wildman–Crippen MR) is 112 cm³/mol. The third kappa shape index (κ3) is 4.75. The van der Waals surface area contributed by atoms with Gasteiger partial charge >= 0.3 is 0 Å². The zero-order valence-electron chi connectivity index (χ0n) is 17.0. The van der Waals surface area contributed by atoms with Crippen LogP contribution >= 0.6 is 0 Å². The number of carbonyl (C=O) groups excluding carboxylic acids is 1. The van der Waals surface area contributed by atoms with E-state index in [1.165, 1.54) is 24.3 Å². The summed E-state index contributed by atoms with van der Waals surface area (Å²) in [5, 5.41) is 6.53. The van der Waals surface area contributed by atoms with Crippen LogP contribution in [-0.4, -0.2) is 25.1 Å². The van der Waals surface area contributed by atoms with Crippen LogP contribution in [0.4, 0.5) is 15.8 Å². The Hall–Kier alpha value is -2.91. The van der Waals surface area contributed by atoms with Crippen molar-refractivity contribution in [3.8, 4) is 0 Å². The fourth-order valence-electron chi connectivity index (χ4n) is 3.61. The number of nitrogens with zero attached hydrogens (tertiary/aromatic N) is 1. The van der Waals surface area contributed by atoms with Gasteiger partial charge in [-0.05, 0) is 55.3 Å². The first kappa shape index (κ1) is 20.8. The highest BCUT2D eigenvalue weighted by atomic mass is 19.1. The molecule has 2 unspecified atom stereocenters.